The minimum Gasteiger partial charge on any atom is -0.480 e. The second-order valence-corrected chi connectivity index (χ2v) is 10.9. The van der Waals surface area contributed by atoms with Crippen LogP contribution in [0.2, 0.25) is 0 Å². The number of nitrogens with zero attached hydrogens (tertiary/aromatic N) is 1. The summed E-state index contributed by atoms with van der Waals surface area (Å²) in [6, 6.07) is 6.12. The zero-order valence-corrected chi connectivity index (χ0v) is 19.0. The van der Waals surface area contributed by atoms with Gasteiger partial charge in [-0.1, -0.05) is 41.9 Å². The number of nitrogens with one attached hydrogen (secondary N) is 1. The Morgan fingerprint density at radius 2 is 1.83 bits per heavy atom. The average Bonchev–Trinajstić information content (AvgIpc) is 2.90. The van der Waals surface area contributed by atoms with Crippen molar-refractivity contribution >= 4 is 51.3 Å². The van der Waals surface area contributed by atoms with Crippen molar-refractivity contribution in [3.8, 4) is 0 Å². The number of carboxylic acids is 1. The number of aliphatic carboxylic acids is 1. The van der Waals surface area contributed by atoms with Gasteiger partial charge >= 0.3 is 5.97 Å². The molecule has 2 N–H and O–H groups in total. The molecular formula is C20H23BrN2O5S. The Morgan fingerprint density at radius 3 is 2.34 bits per heavy atom. The van der Waals surface area contributed by atoms with E-state index in [4.69, 9.17) is 0 Å². The number of halogens is 1. The maximum Gasteiger partial charge on any atom is 0.327 e. The van der Waals surface area contributed by atoms with Gasteiger partial charge in [0, 0.05) is 15.1 Å². The Morgan fingerprint density at radius 1 is 1.24 bits per heavy atom. The van der Waals surface area contributed by atoms with Crippen LogP contribution >= 0.6 is 27.7 Å². The zero-order chi connectivity index (χ0) is 21.7. The predicted octanol–water partition coefficient (Wildman–Crippen LogP) is 2.22. The van der Waals surface area contributed by atoms with E-state index in [1.807, 2.05) is 0 Å². The number of β-lactam (4-membered cyclic amide) rings is 1. The number of amides is 2. The van der Waals surface area contributed by atoms with E-state index >= 15 is 0 Å². The van der Waals surface area contributed by atoms with Crippen LogP contribution in [0.1, 0.15) is 33.3 Å². The topological polar surface area (TPSA) is 104 Å². The number of rotatable bonds is 6. The molecule has 1 aromatic rings. The lowest BCUT2D eigenvalue weighted by atomic mass is 9.77. The molecule has 0 saturated carbocycles. The fourth-order valence-corrected chi connectivity index (χ4v) is 5.94. The third-order valence-electron chi connectivity index (χ3n) is 5.31. The van der Waals surface area contributed by atoms with Crippen molar-refractivity contribution in [1.82, 2.24) is 10.2 Å². The number of hydrogen-bond acceptors (Lipinski definition) is 5. The highest BCUT2D eigenvalue weighted by Gasteiger charge is 2.75. The van der Waals surface area contributed by atoms with Crippen molar-refractivity contribution in [3.63, 3.8) is 0 Å². The summed E-state index contributed by atoms with van der Waals surface area (Å²) in [7, 11) is 0. The molecule has 2 heterocycles. The van der Waals surface area contributed by atoms with Crippen LogP contribution < -0.4 is 5.32 Å². The normalized spacial score (nSPS) is 27.4. The number of carbonyl (C=O) groups excluding carboxylic acids is 3. The van der Waals surface area contributed by atoms with Gasteiger partial charge in [0.15, 0.2) is 5.78 Å². The van der Waals surface area contributed by atoms with Crippen LogP contribution in [-0.2, 0) is 25.6 Å². The predicted molar refractivity (Wildman–Crippen MR) is 112 cm³/mol. The van der Waals surface area contributed by atoms with E-state index in [0.717, 1.165) is 10.0 Å². The molecule has 2 fully saturated rings. The molecule has 2 saturated heterocycles. The maximum atomic E-state index is 13.2. The minimum atomic E-state index is -1.73. The van der Waals surface area contributed by atoms with Gasteiger partial charge < -0.3 is 15.3 Å². The minimum absolute atomic E-state index is 0.0107. The molecule has 0 aromatic heterocycles. The van der Waals surface area contributed by atoms with Crippen LogP contribution in [0, 0.1) is 5.92 Å². The van der Waals surface area contributed by atoms with Gasteiger partial charge in [0.1, 0.15) is 11.4 Å². The molecule has 0 aliphatic carbocycles. The van der Waals surface area contributed by atoms with Gasteiger partial charge in [-0.15, -0.1) is 11.8 Å². The molecule has 2 amide bonds. The van der Waals surface area contributed by atoms with Crippen LogP contribution in [0.5, 0.6) is 0 Å². The summed E-state index contributed by atoms with van der Waals surface area (Å²) in [4.78, 5) is 52.0. The van der Waals surface area contributed by atoms with Crippen molar-refractivity contribution in [2.75, 3.05) is 0 Å². The highest BCUT2D eigenvalue weighted by atomic mass is 79.9. The summed E-state index contributed by atoms with van der Waals surface area (Å²) in [6.07, 6.45) is 0.0107. The molecule has 3 rings (SSSR count). The molecular weight excluding hydrogens is 460 g/mol. The molecule has 29 heavy (non-hydrogen) atoms. The zero-order valence-electron chi connectivity index (χ0n) is 16.6. The Kier molecular flexibility index (Phi) is 5.59. The first kappa shape index (κ1) is 21.8. The number of fused-ring (bicyclic) bond motifs is 1. The van der Waals surface area contributed by atoms with E-state index in [9.17, 15) is 24.3 Å². The van der Waals surface area contributed by atoms with Crippen LogP contribution in [0.4, 0.5) is 0 Å². The third kappa shape index (κ3) is 3.48. The molecule has 2 aliphatic rings. The van der Waals surface area contributed by atoms with Crippen molar-refractivity contribution in [2.24, 2.45) is 5.92 Å². The SMILES string of the molecule is CC(C)C(=O)C1(NC(=O)Cc2ccc(Br)cc2)C(=O)N2[C@@H](C(=O)O)C(C)(C)S[C@@H]21. The van der Waals surface area contributed by atoms with E-state index in [-0.39, 0.29) is 6.42 Å². The Labute approximate surface area is 181 Å². The molecule has 156 valence electrons. The van der Waals surface area contributed by atoms with E-state index in [2.05, 4.69) is 21.2 Å². The molecule has 1 aromatic carbocycles. The molecule has 7 nitrogen and oxygen atoms in total. The number of thioether (sulfide) groups is 1. The third-order valence-corrected chi connectivity index (χ3v) is 7.47. The van der Waals surface area contributed by atoms with Gasteiger partial charge in [-0.05, 0) is 31.5 Å². The lowest BCUT2D eigenvalue weighted by Gasteiger charge is -2.52. The summed E-state index contributed by atoms with van der Waals surface area (Å²) in [6.45, 7) is 6.80. The van der Waals surface area contributed by atoms with Crippen molar-refractivity contribution in [3.05, 3.63) is 34.3 Å². The summed E-state index contributed by atoms with van der Waals surface area (Å²) < 4.78 is 0.0870. The fraction of sp³-hybridized carbons (Fsp3) is 0.500. The fourth-order valence-electron chi connectivity index (χ4n) is 3.97. The highest BCUT2D eigenvalue weighted by Crippen LogP contribution is 2.55. The van der Waals surface area contributed by atoms with Crippen LogP contribution in [0.25, 0.3) is 0 Å². The molecule has 2 aliphatic heterocycles. The first-order valence-electron chi connectivity index (χ1n) is 9.25. The number of benzene rings is 1. The first-order chi connectivity index (χ1) is 13.4. The number of carbonyl (C=O) groups is 4. The number of Topliss-reactive ketones (excluding diaryl/α,β-unsaturated/α-hetero) is 1. The van der Waals surface area contributed by atoms with Gasteiger partial charge in [-0.25, -0.2) is 4.79 Å². The number of ketones is 1. The van der Waals surface area contributed by atoms with Crippen LogP contribution in [0.15, 0.2) is 28.7 Å². The average molecular weight is 483 g/mol. The lowest BCUT2D eigenvalue weighted by molar-refractivity contribution is -0.173. The summed E-state index contributed by atoms with van der Waals surface area (Å²) in [5.41, 5.74) is -0.989. The summed E-state index contributed by atoms with van der Waals surface area (Å²) in [5.74, 6) is -3.11. The Hall–Kier alpha value is -1.87. The Bertz CT molecular complexity index is 885. The van der Waals surface area contributed by atoms with Crippen molar-refractivity contribution < 1.29 is 24.3 Å². The quantitative estimate of drug-likeness (QED) is 0.475. The molecule has 0 radical (unpaired) electrons. The second kappa shape index (κ2) is 7.43. The Balaban J connectivity index is 1.91. The van der Waals surface area contributed by atoms with E-state index in [1.165, 1.54) is 16.7 Å². The van der Waals surface area contributed by atoms with Crippen LogP contribution in [-0.4, -0.2) is 55.3 Å². The number of carboxylic acid groups (broad SMARTS) is 1. The van der Waals surface area contributed by atoms with Gasteiger partial charge in [0.25, 0.3) is 5.91 Å². The van der Waals surface area contributed by atoms with Gasteiger partial charge in [0.2, 0.25) is 11.4 Å². The summed E-state index contributed by atoms with van der Waals surface area (Å²) >= 11 is 4.58. The van der Waals surface area contributed by atoms with Crippen molar-refractivity contribution in [1.29, 1.82) is 0 Å². The van der Waals surface area contributed by atoms with Gasteiger partial charge in [-0.2, -0.15) is 0 Å². The maximum absolute atomic E-state index is 13.2. The molecule has 9 heteroatoms. The molecule has 1 unspecified atom stereocenters. The van der Waals surface area contributed by atoms with Crippen LogP contribution in [0.3, 0.4) is 0 Å². The largest absolute Gasteiger partial charge is 0.480 e. The number of hydrogen-bond donors (Lipinski definition) is 2. The van der Waals surface area contributed by atoms with Crippen molar-refractivity contribution in [2.45, 2.75) is 55.8 Å². The monoisotopic (exact) mass is 482 g/mol. The van der Waals surface area contributed by atoms with E-state index in [0.29, 0.717) is 0 Å². The first-order valence-corrected chi connectivity index (χ1v) is 10.9. The van der Waals surface area contributed by atoms with E-state index in [1.54, 1.807) is 52.0 Å². The molecule has 0 spiro atoms. The van der Waals surface area contributed by atoms with Gasteiger partial charge in [0.05, 0.1) is 6.42 Å². The lowest BCUT2D eigenvalue weighted by Crippen LogP contribution is -2.83. The highest BCUT2D eigenvalue weighted by molar-refractivity contribution is 9.10. The van der Waals surface area contributed by atoms with E-state index < -0.39 is 51.2 Å². The summed E-state index contributed by atoms with van der Waals surface area (Å²) in [5, 5.41) is 11.6. The standard InChI is InChI=1S/C20H23BrN2O5S/c1-10(2)15(25)20(22-13(24)9-11-5-7-12(21)8-6-11)17(28)23-14(16(26)27)19(3,4)29-18(20)23/h5-8,10,14,18H,9H2,1-4H3,(H,22,24)(H,26,27)/t14-,18+,20?/m0/s1. The van der Waals surface area contributed by atoms with Gasteiger partial charge in [-0.3, -0.25) is 14.4 Å². The smallest absolute Gasteiger partial charge is 0.327 e. The second-order valence-electron chi connectivity index (χ2n) is 8.21. The molecule has 0 bridgehead atoms. The molecule has 3 atom stereocenters.